The van der Waals surface area contributed by atoms with E-state index in [1.807, 2.05) is 20.8 Å². The van der Waals surface area contributed by atoms with Crippen LogP contribution in [0.1, 0.15) is 20.8 Å². The van der Waals surface area contributed by atoms with Crippen LogP contribution in [0.4, 0.5) is 5.69 Å². The molecule has 19 heavy (non-hydrogen) atoms. The lowest BCUT2D eigenvalue weighted by atomic mass is 9.97. The summed E-state index contributed by atoms with van der Waals surface area (Å²) in [5, 5.41) is 2.66. The van der Waals surface area contributed by atoms with E-state index in [1.54, 1.807) is 0 Å². The molecule has 0 radical (unpaired) electrons. The van der Waals surface area contributed by atoms with Crippen molar-refractivity contribution in [1.82, 2.24) is 0 Å². The van der Waals surface area contributed by atoms with Crippen LogP contribution < -0.4 is 5.32 Å². The van der Waals surface area contributed by atoms with Gasteiger partial charge in [0.2, 0.25) is 5.91 Å². The van der Waals surface area contributed by atoms with Crippen LogP contribution >= 0.6 is 22.3 Å². The predicted molar refractivity (Wildman–Crippen MR) is 77.1 cm³/mol. The van der Waals surface area contributed by atoms with E-state index in [4.69, 9.17) is 22.3 Å². The summed E-state index contributed by atoms with van der Waals surface area (Å²) in [7, 11) is 1.33. The van der Waals surface area contributed by atoms with Crippen LogP contribution in [0.2, 0.25) is 5.02 Å². The Balaban J connectivity index is 2.95. The maximum absolute atomic E-state index is 11.8. The largest absolute Gasteiger partial charge is 0.326 e. The van der Waals surface area contributed by atoms with Crippen molar-refractivity contribution in [2.45, 2.75) is 25.7 Å². The first kappa shape index (κ1) is 16.3. The summed E-state index contributed by atoms with van der Waals surface area (Å²) in [6.07, 6.45) is 0. The Morgan fingerprint density at radius 2 is 1.84 bits per heavy atom. The van der Waals surface area contributed by atoms with Gasteiger partial charge in [0.1, 0.15) is 4.90 Å². The number of rotatable bonds is 4. The van der Waals surface area contributed by atoms with Gasteiger partial charge in [-0.05, 0) is 24.1 Å². The molecule has 0 aliphatic rings. The quantitative estimate of drug-likeness (QED) is 0.862. The van der Waals surface area contributed by atoms with Crippen LogP contribution in [0.25, 0.3) is 0 Å². The highest BCUT2D eigenvalue weighted by atomic mass is 35.7. The molecule has 1 aromatic rings. The smallest absolute Gasteiger partial charge is 0.262 e. The third-order valence-corrected chi connectivity index (χ3v) is 4.68. The minimum Gasteiger partial charge on any atom is -0.326 e. The van der Waals surface area contributed by atoms with Crippen LogP contribution in [0.3, 0.4) is 0 Å². The van der Waals surface area contributed by atoms with Crippen LogP contribution in [-0.2, 0) is 13.8 Å². The minimum absolute atomic E-state index is 0.0231. The van der Waals surface area contributed by atoms with E-state index in [-0.39, 0.29) is 27.7 Å². The molecular weight excluding hydrogens is 309 g/mol. The van der Waals surface area contributed by atoms with Crippen molar-refractivity contribution >= 4 is 42.9 Å². The Morgan fingerprint density at radius 3 is 2.26 bits per heavy atom. The summed E-state index contributed by atoms with van der Waals surface area (Å²) in [5.41, 5.74) is 0.437. The van der Waals surface area contributed by atoms with Gasteiger partial charge in [-0.15, -0.1) is 0 Å². The third kappa shape index (κ3) is 4.37. The van der Waals surface area contributed by atoms with Gasteiger partial charge in [-0.3, -0.25) is 4.79 Å². The number of hydrogen-bond donors (Lipinski definition) is 1. The second-order valence-corrected chi connectivity index (χ2v) is 7.55. The first-order valence-corrected chi connectivity index (χ1v) is 8.36. The van der Waals surface area contributed by atoms with Crippen molar-refractivity contribution in [2.24, 2.45) is 11.8 Å². The van der Waals surface area contributed by atoms with Crippen molar-refractivity contribution in [2.75, 3.05) is 5.32 Å². The van der Waals surface area contributed by atoms with E-state index in [1.165, 1.54) is 18.2 Å². The van der Waals surface area contributed by atoms with Crippen molar-refractivity contribution in [3.8, 4) is 0 Å². The zero-order valence-electron chi connectivity index (χ0n) is 10.8. The molecule has 0 aliphatic carbocycles. The average molecular weight is 324 g/mol. The molecule has 1 rings (SSSR count). The molecule has 1 N–H and O–H groups in total. The summed E-state index contributed by atoms with van der Waals surface area (Å²) in [4.78, 5) is 11.7. The Morgan fingerprint density at radius 1 is 1.26 bits per heavy atom. The van der Waals surface area contributed by atoms with Crippen LogP contribution in [0, 0.1) is 11.8 Å². The summed E-state index contributed by atoms with van der Waals surface area (Å²) in [6, 6.07) is 4.08. The van der Waals surface area contributed by atoms with E-state index in [0.717, 1.165) is 0 Å². The average Bonchev–Trinajstić information content (AvgIpc) is 2.25. The minimum atomic E-state index is -3.88. The number of halogens is 2. The second-order valence-electron chi connectivity index (χ2n) is 4.60. The van der Waals surface area contributed by atoms with Crippen LogP contribution in [0.15, 0.2) is 23.1 Å². The highest BCUT2D eigenvalue weighted by molar-refractivity contribution is 8.13. The summed E-state index contributed by atoms with van der Waals surface area (Å²) in [6.45, 7) is 5.71. The monoisotopic (exact) mass is 323 g/mol. The number of nitrogens with one attached hydrogen (secondary N) is 1. The standard InChI is InChI=1S/C12H15Cl2NO3S/c1-7(2)8(3)12(16)15-9-4-5-11(10(13)6-9)19(14,17)18/h4-8H,1-3H3,(H,15,16). The number of amides is 1. The summed E-state index contributed by atoms with van der Waals surface area (Å²) < 4.78 is 22.4. The molecule has 0 fully saturated rings. The van der Waals surface area contributed by atoms with Crippen molar-refractivity contribution in [3.63, 3.8) is 0 Å². The molecule has 1 aromatic carbocycles. The van der Waals surface area contributed by atoms with Crippen LogP contribution in [-0.4, -0.2) is 14.3 Å². The number of carbonyl (C=O) groups excluding carboxylic acids is 1. The SMILES string of the molecule is CC(C)C(C)C(=O)Nc1ccc(S(=O)(=O)Cl)c(Cl)c1. The fraction of sp³-hybridized carbons (Fsp3) is 0.417. The molecule has 106 valence electrons. The van der Waals surface area contributed by atoms with Gasteiger partial charge in [-0.2, -0.15) is 0 Å². The van der Waals surface area contributed by atoms with Gasteiger partial charge in [0.15, 0.2) is 0 Å². The van der Waals surface area contributed by atoms with E-state index >= 15 is 0 Å². The zero-order valence-corrected chi connectivity index (χ0v) is 13.1. The van der Waals surface area contributed by atoms with E-state index in [0.29, 0.717) is 5.69 Å². The molecule has 0 aliphatic heterocycles. The highest BCUT2D eigenvalue weighted by Gasteiger charge is 2.18. The number of hydrogen-bond acceptors (Lipinski definition) is 3. The molecule has 1 unspecified atom stereocenters. The van der Waals surface area contributed by atoms with Gasteiger partial charge in [0.05, 0.1) is 5.02 Å². The fourth-order valence-corrected chi connectivity index (χ4v) is 2.86. The van der Waals surface area contributed by atoms with Crippen molar-refractivity contribution in [1.29, 1.82) is 0 Å². The van der Waals surface area contributed by atoms with Gasteiger partial charge < -0.3 is 5.32 Å². The lowest BCUT2D eigenvalue weighted by molar-refractivity contribution is -0.120. The normalized spacial score (nSPS) is 13.4. The molecule has 0 bridgehead atoms. The summed E-state index contributed by atoms with van der Waals surface area (Å²) in [5.74, 6) is -0.0966. The van der Waals surface area contributed by atoms with Crippen molar-refractivity contribution in [3.05, 3.63) is 23.2 Å². The predicted octanol–water partition coefficient (Wildman–Crippen LogP) is 3.50. The van der Waals surface area contributed by atoms with E-state index in [9.17, 15) is 13.2 Å². The Labute approximate surface area is 122 Å². The highest BCUT2D eigenvalue weighted by Crippen LogP contribution is 2.28. The zero-order chi connectivity index (χ0) is 14.8. The molecule has 0 saturated carbocycles. The molecule has 7 heteroatoms. The lowest BCUT2D eigenvalue weighted by Crippen LogP contribution is -2.24. The molecule has 0 saturated heterocycles. The molecule has 0 heterocycles. The number of benzene rings is 1. The lowest BCUT2D eigenvalue weighted by Gasteiger charge is -2.15. The fourth-order valence-electron chi connectivity index (χ4n) is 1.34. The molecule has 1 atom stereocenters. The Kier molecular flexibility index (Phi) is 5.24. The number of carbonyl (C=O) groups is 1. The first-order chi connectivity index (χ1) is 8.62. The maximum atomic E-state index is 11.8. The first-order valence-electron chi connectivity index (χ1n) is 5.68. The van der Waals surface area contributed by atoms with Gasteiger partial charge in [0.25, 0.3) is 9.05 Å². The van der Waals surface area contributed by atoms with E-state index in [2.05, 4.69) is 5.32 Å². The molecule has 4 nitrogen and oxygen atoms in total. The molecule has 1 amide bonds. The third-order valence-electron chi connectivity index (χ3n) is 2.88. The Hall–Kier alpha value is -0.780. The van der Waals surface area contributed by atoms with Crippen molar-refractivity contribution < 1.29 is 13.2 Å². The van der Waals surface area contributed by atoms with Gasteiger partial charge in [-0.25, -0.2) is 8.42 Å². The number of anilines is 1. The topological polar surface area (TPSA) is 63.2 Å². The van der Waals surface area contributed by atoms with Gasteiger partial charge in [-0.1, -0.05) is 32.4 Å². The van der Waals surface area contributed by atoms with Crippen LogP contribution in [0.5, 0.6) is 0 Å². The van der Waals surface area contributed by atoms with Gasteiger partial charge in [0, 0.05) is 22.3 Å². The molecule has 0 spiro atoms. The second kappa shape index (κ2) is 6.11. The Bertz CT molecular complexity index is 585. The van der Waals surface area contributed by atoms with Gasteiger partial charge >= 0.3 is 0 Å². The van der Waals surface area contributed by atoms with E-state index < -0.39 is 9.05 Å². The maximum Gasteiger partial charge on any atom is 0.262 e. The summed E-state index contributed by atoms with van der Waals surface area (Å²) >= 11 is 5.82. The molecular formula is C12H15Cl2NO3S. The molecule has 0 aromatic heterocycles.